The van der Waals surface area contributed by atoms with Crippen LogP contribution in [0.5, 0.6) is 0 Å². The summed E-state index contributed by atoms with van der Waals surface area (Å²) < 4.78 is 11.9. The van der Waals surface area contributed by atoms with Crippen molar-refractivity contribution in [1.29, 1.82) is 0 Å². The molecule has 0 spiro atoms. The number of aliphatic hydroxyl groups excluding tert-OH is 1. The van der Waals surface area contributed by atoms with Gasteiger partial charge in [0.15, 0.2) is 0 Å². The number of nitrogens with one attached hydrogen (secondary N) is 2. The fraction of sp³-hybridized carbons (Fsp3) is 0.725. The predicted molar refractivity (Wildman–Crippen MR) is 206 cm³/mol. The molecule has 0 aromatic heterocycles. The molecule has 14 nitrogen and oxygen atoms in total. The second-order valence-electron chi connectivity index (χ2n) is 15.6. The Labute approximate surface area is 322 Å². The Bertz CT molecular complexity index is 1380. The summed E-state index contributed by atoms with van der Waals surface area (Å²) in [6, 6.07) is 5.67. The van der Waals surface area contributed by atoms with Gasteiger partial charge in [-0.15, -0.1) is 0 Å². The van der Waals surface area contributed by atoms with Gasteiger partial charge in [0, 0.05) is 34.9 Å². The summed E-state index contributed by atoms with van der Waals surface area (Å²) >= 11 is 0. The molecule has 0 bridgehead atoms. The van der Waals surface area contributed by atoms with E-state index < -0.39 is 60.4 Å². The van der Waals surface area contributed by atoms with Gasteiger partial charge in [-0.25, -0.2) is 4.79 Å². The van der Waals surface area contributed by atoms with Crippen LogP contribution in [-0.4, -0.2) is 132 Å². The molecule has 1 heterocycles. The lowest BCUT2D eigenvalue weighted by atomic mass is 9.89. The lowest BCUT2D eigenvalue weighted by Gasteiger charge is -2.41. The Kier molecular flexibility index (Phi) is 18.4. The summed E-state index contributed by atoms with van der Waals surface area (Å²) in [6.07, 6.45) is -1.45. The number of aliphatic hydroxyl groups is 1. The highest BCUT2D eigenvalue weighted by atomic mass is 16.5. The van der Waals surface area contributed by atoms with Gasteiger partial charge in [0.1, 0.15) is 12.1 Å². The second-order valence-corrected chi connectivity index (χ2v) is 15.6. The number of rotatable bonds is 20. The topological polar surface area (TPSA) is 178 Å². The zero-order valence-electron chi connectivity index (χ0n) is 34.4. The molecule has 0 radical (unpaired) electrons. The average Bonchev–Trinajstić information content (AvgIpc) is 3.62. The Morgan fingerprint density at radius 3 is 2.00 bits per heavy atom. The average molecular weight is 762 g/mol. The standard InChI is InChI=1S/C40H67N5O9/c1-13-25(6)34(43(9)39(50)32(23(2)3)42-38(49)33(24(4)5)44(10)40(51)52)30(53-11)22-31(46)45-21-17-20-29(45)36(54-12)26(7)37(48)41-27(8)35(47)28-18-15-14-16-19-28/h14-16,18-19,23-27,29-30,32-36,47H,13,17,20-22H2,1-12H3,(H,41,48)(H,42,49)(H,51,52)/t25?,26?,27?,29-,30?,32?,33?,34?,35?,36?/m1/s1. The molecule has 0 saturated carbocycles. The Hall–Kier alpha value is -3.75. The van der Waals surface area contributed by atoms with Crippen LogP contribution >= 0.6 is 0 Å². The highest BCUT2D eigenvalue weighted by molar-refractivity contribution is 5.91. The highest BCUT2D eigenvalue weighted by Gasteiger charge is 2.43. The first kappa shape index (κ1) is 46.4. The molecule has 10 atom stereocenters. The van der Waals surface area contributed by atoms with Crippen molar-refractivity contribution in [3.63, 3.8) is 0 Å². The molecule has 306 valence electrons. The Morgan fingerprint density at radius 1 is 0.889 bits per heavy atom. The Balaban J connectivity index is 2.27. The number of benzene rings is 1. The van der Waals surface area contributed by atoms with Gasteiger partial charge < -0.3 is 40.1 Å². The predicted octanol–water partition coefficient (Wildman–Crippen LogP) is 3.92. The van der Waals surface area contributed by atoms with Gasteiger partial charge in [0.2, 0.25) is 23.6 Å². The Morgan fingerprint density at radius 2 is 1.50 bits per heavy atom. The third kappa shape index (κ3) is 11.6. The zero-order chi connectivity index (χ0) is 41.0. The van der Waals surface area contributed by atoms with Crippen molar-refractivity contribution in [2.24, 2.45) is 23.7 Å². The number of hydrogen-bond acceptors (Lipinski definition) is 8. The number of hydrogen-bond donors (Lipinski definition) is 4. The van der Waals surface area contributed by atoms with Crippen LogP contribution in [0.3, 0.4) is 0 Å². The molecule has 14 heteroatoms. The largest absolute Gasteiger partial charge is 0.465 e. The van der Waals surface area contributed by atoms with Crippen LogP contribution in [0.1, 0.15) is 92.7 Å². The summed E-state index contributed by atoms with van der Waals surface area (Å²) in [6.45, 7) is 15.1. The van der Waals surface area contributed by atoms with Gasteiger partial charge in [-0.2, -0.15) is 0 Å². The molecule has 1 aliphatic heterocycles. The van der Waals surface area contributed by atoms with E-state index in [9.17, 15) is 34.2 Å². The fourth-order valence-corrected chi connectivity index (χ4v) is 7.70. The van der Waals surface area contributed by atoms with Crippen molar-refractivity contribution < 1.29 is 43.7 Å². The number of carboxylic acid groups (broad SMARTS) is 1. The normalized spacial score (nSPS) is 19.5. The molecule has 1 aromatic rings. The number of likely N-dealkylation sites (N-methyl/N-ethyl adjacent to an activating group) is 2. The number of likely N-dealkylation sites (tertiary alicyclic amines) is 1. The maximum absolute atomic E-state index is 14.2. The second kappa shape index (κ2) is 21.4. The molecule has 1 fully saturated rings. The van der Waals surface area contributed by atoms with Gasteiger partial charge in [0.05, 0.1) is 48.8 Å². The summed E-state index contributed by atoms with van der Waals surface area (Å²) in [5, 5.41) is 26.2. The minimum Gasteiger partial charge on any atom is -0.465 e. The van der Waals surface area contributed by atoms with Crippen molar-refractivity contribution in [1.82, 2.24) is 25.3 Å². The molecule has 2 rings (SSSR count). The van der Waals surface area contributed by atoms with Crippen LogP contribution in [0, 0.1) is 23.7 Å². The highest BCUT2D eigenvalue weighted by Crippen LogP contribution is 2.30. The number of ether oxygens (including phenoxy) is 2. The fourth-order valence-electron chi connectivity index (χ4n) is 7.70. The van der Waals surface area contributed by atoms with Crippen LogP contribution in [0.15, 0.2) is 30.3 Å². The summed E-state index contributed by atoms with van der Waals surface area (Å²) in [5.74, 6) is -2.82. The number of amides is 5. The van der Waals surface area contributed by atoms with E-state index in [0.29, 0.717) is 24.9 Å². The van der Waals surface area contributed by atoms with E-state index in [1.807, 2.05) is 45.9 Å². The van der Waals surface area contributed by atoms with Gasteiger partial charge in [0.25, 0.3) is 0 Å². The molecule has 9 unspecified atom stereocenters. The molecular weight excluding hydrogens is 694 g/mol. The molecule has 1 aliphatic rings. The quantitative estimate of drug-likeness (QED) is 0.153. The van der Waals surface area contributed by atoms with Gasteiger partial charge in [-0.3, -0.25) is 24.1 Å². The lowest BCUT2D eigenvalue weighted by Crippen LogP contribution is -2.60. The first-order valence-electron chi connectivity index (χ1n) is 19.2. The molecule has 5 amide bonds. The first-order valence-corrected chi connectivity index (χ1v) is 19.2. The zero-order valence-corrected chi connectivity index (χ0v) is 34.4. The van der Waals surface area contributed by atoms with E-state index in [-0.39, 0.29) is 47.9 Å². The number of nitrogens with zero attached hydrogens (tertiary/aromatic N) is 3. The number of carbonyl (C=O) groups excluding carboxylic acids is 4. The lowest BCUT2D eigenvalue weighted by molar-refractivity contribution is -0.148. The molecule has 0 aliphatic carbocycles. The monoisotopic (exact) mass is 761 g/mol. The SMILES string of the molecule is CCC(C)C(C(CC(=O)N1CCC[C@@H]1C(OC)C(C)C(=O)NC(C)C(O)c1ccccc1)OC)N(C)C(=O)C(NC(=O)C(C(C)C)N(C)C(=O)O)C(C)C. The molecular formula is C40H67N5O9. The van der Waals surface area contributed by atoms with Crippen molar-refractivity contribution >= 4 is 29.7 Å². The van der Waals surface area contributed by atoms with E-state index in [1.54, 1.807) is 56.7 Å². The van der Waals surface area contributed by atoms with Crippen molar-refractivity contribution in [2.45, 2.75) is 130 Å². The first-order chi connectivity index (χ1) is 25.3. The van der Waals surface area contributed by atoms with E-state index in [0.717, 1.165) is 11.3 Å². The van der Waals surface area contributed by atoms with Crippen LogP contribution in [0.25, 0.3) is 0 Å². The minimum absolute atomic E-state index is 0.0333. The maximum atomic E-state index is 14.2. The van der Waals surface area contributed by atoms with Crippen molar-refractivity contribution in [3.8, 4) is 0 Å². The molecule has 1 aromatic carbocycles. The van der Waals surface area contributed by atoms with Crippen LogP contribution in [0.2, 0.25) is 0 Å². The van der Waals surface area contributed by atoms with Crippen LogP contribution in [0.4, 0.5) is 4.79 Å². The maximum Gasteiger partial charge on any atom is 0.407 e. The number of carbonyl (C=O) groups is 5. The summed E-state index contributed by atoms with van der Waals surface area (Å²) in [5.41, 5.74) is 0.692. The van der Waals surface area contributed by atoms with E-state index in [1.165, 1.54) is 21.3 Å². The number of methoxy groups -OCH3 is 2. The van der Waals surface area contributed by atoms with E-state index >= 15 is 0 Å². The smallest absolute Gasteiger partial charge is 0.407 e. The summed E-state index contributed by atoms with van der Waals surface area (Å²) in [4.78, 5) is 71.3. The molecule has 1 saturated heterocycles. The van der Waals surface area contributed by atoms with Gasteiger partial charge in [-0.1, -0.05) is 85.2 Å². The molecule has 4 N–H and O–H groups in total. The molecule has 54 heavy (non-hydrogen) atoms. The van der Waals surface area contributed by atoms with Crippen LogP contribution < -0.4 is 10.6 Å². The van der Waals surface area contributed by atoms with Crippen molar-refractivity contribution in [3.05, 3.63) is 35.9 Å². The van der Waals surface area contributed by atoms with Gasteiger partial charge in [-0.05, 0) is 43.1 Å². The van der Waals surface area contributed by atoms with E-state index in [4.69, 9.17) is 9.47 Å². The third-order valence-corrected chi connectivity index (χ3v) is 11.1. The summed E-state index contributed by atoms with van der Waals surface area (Å²) in [7, 11) is 6.02. The van der Waals surface area contributed by atoms with Crippen LogP contribution in [-0.2, 0) is 28.7 Å². The van der Waals surface area contributed by atoms with Gasteiger partial charge >= 0.3 is 6.09 Å². The van der Waals surface area contributed by atoms with E-state index in [2.05, 4.69) is 10.6 Å². The minimum atomic E-state index is -1.25. The van der Waals surface area contributed by atoms with Crippen molar-refractivity contribution in [2.75, 3.05) is 34.9 Å². The third-order valence-electron chi connectivity index (χ3n) is 11.1.